The molecule has 1 fully saturated rings. The molecule has 4 rings (SSSR count). The van der Waals surface area contributed by atoms with E-state index in [4.69, 9.17) is 8.83 Å². The Kier molecular flexibility index (Phi) is 7.10. The molecule has 0 aliphatic heterocycles. The van der Waals surface area contributed by atoms with Crippen molar-refractivity contribution < 1.29 is 18.4 Å². The van der Waals surface area contributed by atoms with E-state index < -0.39 is 0 Å². The zero-order valence-electron chi connectivity index (χ0n) is 18.5. The summed E-state index contributed by atoms with van der Waals surface area (Å²) in [7, 11) is 0. The quantitative estimate of drug-likeness (QED) is 0.468. The van der Waals surface area contributed by atoms with Gasteiger partial charge in [0.2, 0.25) is 11.8 Å². The fourth-order valence-corrected chi connectivity index (χ4v) is 3.94. The van der Waals surface area contributed by atoms with Crippen LogP contribution in [0.4, 0.5) is 0 Å². The van der Waals surface area contributed by atoms with Crippen molar-refractivity contribution in [3.05, 3.63) is 83.7 Å². The zero-order chi connectivity index (χ0) is 22.3. The van der Waals surface area contributed by atoms with Gasteiger partial charge in [0.15, 0.2) is 0 Å². The van der Waals surface area contributed by atoms with Gasteiger partial charge in [-0.15, -0.1) is 0 Å². The zero-order valence-corrected chi connectivity index (χ0v) is 18.5. The first-order chi connectivity index (χ1) is 15.6. The minimum Gasteiger partial charge on any atom is -0.467 e. The molecule has 0 spiro atoms. The van der Waals surface area contributed by atoms with E-state index in [1.807, 2.05) is 43.3 Å². The molecule has 6 heteroatoms. The summed E-state index contributed by atoms with van der Waals surface area (Å²) >= 11 is 0. The molecule has 2 aromatic heterocycles. The van der Waals surface area contributed by atoms with Crippen molar-refractivity contribution in [3.8, 4) is 0 Å². The topological polar surface area (TPSA) is 66.9 Å². The molecule has 2 amide bonds. The van der Waals surface area contributed by atoms with Gasteiger partial charge in [-0.2, -0.15) is 0 Å². The van der Waals surface area contributed by atoms with Crippen LogP contribution in [-0.2, 0) is 29.1 Å². The predicted molar refractivity (Wildman–Crippen MR) is 120 cm³/mol. The molecule has 1 aromatic carbocycles. The number of benzene rings is 1. The van der Waals surface area contributed by atoms with E-state index >= 15 is 0 Å². The molecule has 0 N–H and O–H groups in total. The molecular formula is C26H30N2O4. The van der Waals surface area contributed by atoms with Crippen LogP contribution in [-0.4, -0.2) is 34.7 Å². The van der Waals surface area contributed by atoms with Gasteiger partial charge in [-0.3, -0.25) is 9.59 Å². The van der Waals surface area contributed by atoms with Crippen molar-refractivity contribution in [2.45, 2.75) is 45.7 Å². The molecule has 1 aliphatic carbocycles. The summed E-state index contributed by atoms with van der Waals surface area (Å²) < 4.78 is 11.2. The van der Waals surface area contributed by atoms with Gasteiger partial charge in [-0.05, 0) is 56.0 Å². The van der Waals surface area contributed by atoms with Crippen molar-refractivity contribution in [3.63, 3.8) is 0 Å². The number of amides is 2. The van der Waals surface area contributed by atoms with Crippen LogP contribution in [0, 0.1) is 12.8 Å². The van der Waals surface area contributed by atoms with E-state index in [2.05, 4.69) is 12.1 Å². The molecule has 1 aliphatic rings. The number of carbonyl (C=O) groups is 2. The minimum atomic E-state index is -0.0887. The Hall–Kier alpha value is -3.28. The van der Waals surface area contributed by atoms with E-state index in [0.717, 1.165) is 37.2 Å². The number of rotatable bonds is 10. The number of hydrogen-bond donors (Lipinski definition) is 0. The molecular weight excluding hydrogens is 404 g/mol. The average Bonchev–Trinajstić information content (AvgIpc) is 3.41. The van der Waals surface area contributed by atoms with Crippen molar-refractivity contribution in [1.82, 2.24) is 9.80 Å². The molecule has 32 heavy (non-hydrogen) atoms. The van der Waals surface area contributed by atoms with Gasteiger partial charge in [-0.1, -0.05) is 36.8 Å². The second-order valence-electron chi connectivity index (χ2n) is 8.46. The molecule has 0 unspecified atom stereocenters. The van der Waals surface area contributed by atoms with Crippen molar-refractivity contribution in [2.75, 3.05) is 13.1 Å². The van der Waals surface area contributed by atoms with Crippen LogP contribution in [0.15, 0.2) is 69.7 Å². The van der Waals surface area contributed by atoms with Crippen molar-refractivity contribution in [2.24, 2.45) is 5.92 Å². The fourth-order valence-electron chi connectivity index (χ4n) is 3.94. The number of aryl methyl sites for hydroxylation is 1. The van der Waals surface area contributed by atoms with E-state index in [0.29, 0.717) is 25.4 Å². The van der Waals surface area contributed by atoms with Crippen LogP contribution in [0.3, 0.4) is 0 Å². The lowest BCUT2D eigenvalue weighted by atomic mass is 9.84. The minimum absolute atomic E-state index is 0.0169. The molecule has 2 heterocycles. The van der Waals surface area contributed by atoms with E-state index in [9.17, 15) is 9.59 Å². The summed E-state index contributed by atoms with van der Waals surface area (Å²) in [4.78, 5) is 29.9. The van der Waals surface area contributed by atoms with Crippen molar-refractivity contribution >= 4 is 11.8 Å². The lowest BCUT2D eigenvalue weighted by molar-refractivity contribution is -0.145. The van der Waals surface area contributed by atoms with Crippen LogP contribution >= 0.6 is 0 Å². The van der Waals surface area contributed by atoms with Gasteiger partial charge in [0.25, 0.3) is 0 Å². The Morgan fingerprint density at radius 3 is 2.34 bits per heavy atom. The van der Waals surface area contributed by atoms with E-state index in [1.54, 1.807) is 22.1 Å². The summed E-state index contributed by atoms with van der Waals surface area (Å²) in [5.41, 5.74) is 1.17. The Morgan fingerprint density at radius 1 is 0.938 bits per heavy atom. The van der Waals surface area contributed by atoms with Crippen molar-refractivity contribution in [1.29, 1.82) is 0 Å². The summed E-state index contributed by atoms with van der Waals surface area (Å²) in [5, 5.41) is 0. The third-order valence-corrected chi connectivity index (χ3v) is 6.03. The van der Waals surface area contributed by atoms with Gasteiger partial charge in [0, 0.05) is 12.5 Å². The number of nitrogens with zero attached hydrogens (tertiary/aromatic N) is 2. The summed E-state index contributed by atoms with van der Waals surface area (Å²) in [6, 6.07) is 17.5. The lowest BCUT2D eigenvalue weighted by Gasteiger charge is -2.32. The SMILES string of the molecule is Cc1ccc(CN(CCc2ccccc2)C(=O)CN(Cc2ccco2)C(=O)C2CCC2)o1. The first-order valence-corrected chi connectivity index (χ1v) is 11.3. The Balaban J connectivity index is 1.47. The maximum Gasteiger partial charge on any atom is 0.242 e. The third-order valence-electron chi connectivity index (χ3n) is 6.03. The molecule has 0 bridgehead atoms. The van der Waals surface area contributed by atoms with E-state index in [-0.39, 0.29) is 24.3 Å². The molecule has 168 valence electrons. The molecule has 3 aromatic rings. The van der Waals surface area contributed by atoms with Crippen LogP contribution in [0.1, 0.15) is 42.1 Å². The maximum absolute atomic E-state index is 13.4. The Bertz CT molecular complexity index is 1010. The van der Waals surface area contributed by atoms with Crippen LogP contribution in [0.2, 0.25) is 0 Å². The smallest absolute Gasteiger partial charge is 0.242 e. The first kappa shape index (κ1) is 21.9. The van der Waals surface area contributed by atoms with Gasteiger partial charge >= 0.3 is 0 Å². The highest BCUT2D eigenvalue weighted by Crippen LogP contribution is 2.29. The first-order valence-electron chi connectivity index (χ1n) is 11.3. The highest BCUT2D eigenvalue weighted by Gasteiger charge is 2.32. The van der Waals surface area contributed by atoms with Gasteiger partial charge < -0.3 is 18.6 Å². The Labute approximate surface area is 188 Å². The largest absolute Gasteiger partial charge is 0.467 e. The van der Waals surface area contributed by atoms with Gasteiger partial charge in [-0.25, -0.2) is 0 Å². The molecule has 6 nitrogen and oxygen atoms in total. The fraction of sp³-hybridized carbons (Fsp3) is 0.385. The predicted octanol–water partition coefficient (Wildman–Crippen LogP) is 4.58. The van der Waals surface area contributed by atoms with E-state index in [1.165, 1.54) is 5.56 Å². The maximum atomic E-state index is 13.4. The second-order valence-corrected chi connectivity index (χ2v) is 8.46. The molecule has 0 radical (unpaired) electrons. The number of furan rings is 2. The Morgan fingerprint density at radius 2 is 1.72 bits per heavy atom. The van der Waals surface area contributed by atoms with Crippen LogP contribution in [0.5, 0.6) is 0 Å². The lowest BCUT2D eigenvalue weighted by Crippen LogP contribution is -2.45. The third kappa shape index (κ3) is 5.69. The molecule has 0 atom stereocenters. The summed E-state index contributed by atoms with van der Waals surface area (Å²) in [6.45, 7) is 3.16. The number of carbonyl (C=O) groups excluding carboxylic acids is 2. The van der Waals surface area contributed by atoms with Gasteiger partial charge in [0.1, 0.15) is 23.8 Å². The monoisotopic (exact) mass is 434 g/mol. The van der Waals surface area contributed by atoms with Crippen LogP contribution < -0.4 is 0 Å². The average molecular weight is 435 g/mol. The number of hydrogen-bond acceptors (Lipinski definition) is 4. The van der Waals surface area contributed by atoms with Gasteiger partial charge in [0.05, 0.1) is 19.4 Å². The second kappa shape index (κ2) is 10.4. The highest BCUT2D eigenvalue weighted by molar-refractivity contribution is 5.86. The summed E-state index contributed by atoms with van der Waals surface area (Å²) in [6.07, 6.45) is 5.19. The normalized spacial score (nSPS) is 13.5. The summed E-state index contributed by atoms with van der Waals surface area (Å²) in [5.74, 6) is 2.21. The molecule has 0 saturated heterocycles. The standard InChI is InChI=1S/C26H30N2O4/c1-20-12-13-24(32-20)18-27(15-14-21-7-3-2-4-8-21)25(29)19-28(17-23-11-6-16-31-23)26(30)22-9-5-10-22/h2-4,6-8,11-13,16,22H,5,9-10,14-15,17-19H2,1H3. The van der Waals surface area contributed by atoms with Crippen LogP contribution in [0.25, 0.3) is 0 Å². The highest BCUT2D eigenvalue weighted by atomic mass is 16.3. The molecule has 1 saturated carbocycles.